The molecule has 0 bridgehead atoms. The third-order valence-corrected chi connectivity index (χ3v) is 4.78. The van der Waals surface area contributed by atoms with Crippen molar-refractivity contribution in [2.75, 3.05) is 20.1 Å². The first-order valence-corrected chi connectivity index (χ1v) is 7.03. The Morgan fingerprint density at radius 2 is 2.00 bits per heavy atom. The van der Waals surface area contributed by atoms with Gasteiger partial charge in [0.1, 0.15) is 0 Å². The maximum atomic E-state index is 3.83. The zero-order chi connectivity index (χ0) is 11.6. The highest BCUT2D eigenvalue weighted by molar-refractivity contribution is 4.91. The van der Waals surface area contributed by atoms with E-state index in [-0.39, 0.29) is 0 Å². The van der Waals surface area contributed by atoms with Gasteiger partial charge in [-0.25, -0.2) is 0 Å². The van der Waals surface area contributed by atoms with Crippen LogP contribution in [0.25, 0.3) is 0 Å². The van der Waals surface area contributed by atoms with Crippen LogP contribution in [0, 0.1) is 5.41 Å². The first-order chi connectivity index (χ1) is 7.59. The molecule has 1 aliphatic heterocycles. The lowest BCUT2D eigenvalue weighted by molar-refractivity contribution is 0.167. The molecule has 0 aromatic rings. The van der Waals surface area contributed by atoms with Crippen molar-refractivity contribution in [2.45, 2.75) is 64.5 Å². The summed E-state index contributed by atoms with van der Waals surface area (Å²) >= 11 is 0. The first-order valence-electron chi connectivity index (χ1n) is 7.03. The molecule has 2 heteroatoms. The van der Waals surface area contributed by atoms with Crippen molar-refractivity contribution in [1.29, 1.82) is 0 Å². The number of likely N-dealkylation sites (N-methyl/N-ethyl adjacent to an activating group) is 1. The minimum Gasteiger partial charge on any atom is -0.312 e. The fraction of sp³-hybridized carbons (Fsp3) is 1.00. The van der Waals surface area contributed by atoms with Crippen molar-refractivity contribution < 1.29 is 0 Å². The Bertz CT molecular complexity index is 225. The van der Waals surface area contributed by atoms with Crippen molar-refractivity contribution in [1.82, 2.24) is 10.2 Å². The summed E-state index contributed by atoms with van der Waals surface area (Å²) in [5.74, 6) is 0. The Hall–Kier alpha value is -0.0800. The van der Waals surface area contributed by atoms with E-state index in [0.717, 1.165) is 12.1 Å². The van der Waals surface area contributed by atoms with Gasteiger partial charge in [0.15, 0.2) is 0 Å². The molecule has 0 spiro atoms. The molecule has 0 aromatic carbocycles. The summed E-state index contributed by atoms with van der Waals surface area (Å²) in [7, 11) is 2.28. The Balaban J connectivity index is 1.78. The zero-order valence-electron chi connectivity index (χ0n) is 11.3. The molecule has 1 heterocycles. The number of nitrogens with one attached hydrogen (secondary N) is 1. The van der Waals surface area contributed by atoms with Crippen LogP contribution in [0.2, 0.25) is 0 Å². The summed E-state index contributed by atoms with van der Waals surface area (Å²) in [5, 5.41) is 3.83. The standard InChI is InChI=1S/C14H28N2/c1-14(2)9-6-8-13(14)15-11-12-7-4-5-10-16(12)3/h12-13,15H,4-11H2,1-3H3. The molecule has 1 saturated carbocycles. The molecule has 16 heavy (non-hydrogen) atoms. The van der Waals surface area contributed by atoms with E-state index in [1.54, 1.807) is 0 Å². The number of nitrogens with zero attached hydrogens (tertiary/aromatic N) is 1. The number of hydrogen-bond acceptors (Lipinski definition) is 2. The second-order valence-corrected chi connectivity index (χ2v) is 6.47. The summed E-state index contributed by atoms with van der Waals surface area (Å²) in [5.41, 5.74) is 0.521. The maximum absolute atomic E-state index is 3.83. The molecule has 1 saturated heterocycles. The van der Waals surface area contributed by atoms with Crippen molar-refractivity contribution in [3.8, 4) is 0 Å². The van der Waals surface area contributed by atoms with Gasteiger partial charge in [0.05, 0.1) is 0 Å². The van der Waals surface area contributed by atoms with E-state index in [9.17, 15) is 0 Å². The van der Waals surface area contributed by atoms with Gasteiger partial charge in [0, 0.05) is 18.6 Å². The van der Waals surface area contributed by atoms with Crippen LogP contribution in [0.3, 0.4) is 0 Å². The summed E-state index contributed by atoms with van der Waals surface area (Å²) in [6.45, 7) is 7.33. The van der Waals surface area contributed by atoms with Crippen molar-refractivity contribution in [2.24, 2.45) is 5.41 Å². The molecule has 0 radical (unpaired) electrons. The predicted molar refractivity (Wildman–Crippen MR) is 69.7 cm³/mol. The molecule has 2 nitrogen and oxygen atoms in total. The van der Waals surface area contributed by atoms with Gasteiger partial charge >= 0.3 is 0 Å². The van der Waals surface area contributed by atoms with Crippen LogP contribution in [0.4, 0.5) is 0 Å². The van der Waals surface area contributed by atoms with Gasteiger partial charge in [-0.15, -0.1) is 0 Å². The molecular weight excluding hydrogens is 196 g/mol. The average Bonchev–Trinajstić information content (AvgIpc) is 2.57. The van der Waals surface area contributed by atoms with Crippen LogP contribution in [-0.4, -0.2) is 37.1 Å². The quantitative estimate of drug-likeness (QED) is 0.793. The molecule has 2 unspecified atom stereocenters. The lowest BCUT2D eigenvalue weighted by Gasteiger charge is -2.35. The number of hydrogen-bond donors (Lipinski definition) is 1. The van der Waals surface area contributed by atoms with Crippen LogP contribution in [0.1, 0.15) is 52.4 Å². The van der Waals surface area contributed by atoms with E-state index in [1.165, 1.54) is 51.6 Å². The molecule has 1 aliphatic carbocycles. The third-order valence-electron chi connectivity index (χ3n) is 4.78. The van der Waals surface area contributed by atoms with Crippen LogP contribution >= 0.6 is 0 Å². The Morgan fingerprint density at radius 1 is 1.19 bits per heavy atom. The van der Waals surface area contributed by atoms with E-state index in [1.807, 2.05) is 0 Å². The highest BCUT2D eigenvalue weighted by Gasteiger charge is 2.34. The summed E-state index contributed by atoms with van der Waals surface area (Å²) < 4.78 is 0. The van der Waals surface area contributed by atoms with E-state index >= 15 is 0 Å². The van der Waals surface area contributed by atoms with Gasteiger partial charge in [0.25, 0.3) is 0 Å². The van der Waals surface area contributed by atoms with E-state index in [2.05, 4.69) is 31.1 Å². The van der Waals surface area contributed by atoms with Gasteiger partial charge in [-0.2, -0.15) is 0 Å². The van der Waals surface area contributed by atoms with Crippen LogP contribution < -0.4 is 5.32 Å². The topological polar surface area (TPSA) is 15.3 Å². The first kappa shape index (κ1) is 12.4. The van der Waals surface area contributed by atoms with E-state index in [0.29, 0.717) is 5.41 Å². The predicted octanol–water partition coefficient (Wildman–Crippen LogP) is 2.64. The second-order valence-electron chi connectivity index (χ2n) is 6.47. The van der Waals surface area contributed by atoms with E-state index in [4.69, 9.17) is 0 Å². The van der Waals surface area contributed by atoms with Gasteiger partial charge in [-0.3, -0.25) is 0 Å². The Kier molecular flexibility index (Phi) is 3.91. The number of likely N-dealkylation sites (tertiary alicyclic amines) is 1. The molecule has 2 atom stereocenters. The van der Waals surface area contributed by atoms with E-state index < -0.39 is 0 Å². The van der Waals surface area contributed by atoms with Crippen LogP contribution in [0.5, 0.6) is 0 Å². The fourth-order valence-electron chi connectivity index (χ4n) is 3.39. The molecular formula is C14H28N2. The lowest BCUT2D eigenvalue weighted by atomic mass is 9.87. The third kappa shape index (κ3) is 2.78. The minimum absolute atomic E-state index is 0.521. The number of piperidine rings is 1. The highest BCUT2D eigenvalue weighted by atomic mass is 15.2. The van der Waals surface area contributed by atoms with Crippen LogP contribution in [-0.2, 0) is 0 Å². The van der Waals surface area contributed by atoms with Crippen LogP contribution in [0.15, 0.2) is 0 Å². The summed E-state index contributed by atoms with van der Waals surface area (Å²) in [6.07, 6.45) is 8.38. The highest BCUT2D eigenvalue weighted by Crippen LogP contribution is 2.37. The molecule has 0 amide bonds. The molecule has 2 rings (SSSR count). The van der Waals surface area contributed by atoms with Crippen molar-refractivity contribution >= 4 is 0 Å². The van der Waals surface area contributed by atoms with Gasteiger partial charge < -0.3 is 10.2 Å². The molecule has 2 aliphatic rings. The molecule has 2 fully saturated rings. The zero-order valence-corrected chi connectivity index (χ0v) is 11.3. The average molecular weight is 224 g/mol. The fourth-order valence-corrected chi connectivity index (χ4v) is 3.39. The smallest absolute Gasteiger partial charge is 0.0217 e. The number of rotatable bonds is 3. The normalized spacial score (nSPS) is 35.4. The largest absolute Gasteiger partial charge is 0.312 e. The van der Waals surface area contributed by atoms with Crippen molar-refractivity contribution in [3.05, 3.63) is 0 Å². The molecule has 94 valence electrons. The molecule has 0 aromatic heterocycles. The second kappa shape index (κ2) is 5.05. The van der Waals surface area contributed by atoms with Gasteiger partial charge in [-0.1, -0.05) is 26.7 Å². The van der Waals surface area contributed by atoms with Crippen molar-refractivity contribution in [3.63, 3.8) is 0 Å². The SMILES string of the molecule is CN1CCCCC1CNC1CCCC1(C)C. The molecule has 1 N–H and O–H groups in total. The summed E-state index contributed by atoms with van der Waals surface area (Å²) in [6, 6.07) is 1.54. The van der Waals surface area contributed by atoms with Gasteiger partial charge in [-0.05, 0) is 44.7 Å². The monoisotopic (exact) mass is 224 g/mol. The lowest BCUT2D eigenvalue weighted by Crippen LogP contribution is -2.48. The summed E-state index contributed by atoms with van der Waals surface area (Å²) in [4.78, 5) is 2.54. The van der Waals surface area contributed by atoms with Gasteiger partial charge in [0.2, 0.25) is 0 Å². The Labute approximate surface area is 101 Å². The minimum atomic E-state index is 0.521. The Morgan fingerprint density at radius 3 is 2.62 bits per heavy atom. The maximum Gasteiger partial charge on any atom is 0.0217 e.